The van der Waals surface area contributed by atoms with Gasteiger partial charge in [0.15, 0.2) is 0 Å². The van der Waals surface area contributed by atoms with Crippen LogP contribution in [-0.4, -0.2) is 42.4 Å². The van der Waals surface area contributed by atoms with Gasteiger partial charge in [0.05, 0.1) is 0 Å². The highest BCUT2D eigenvalue weighted by Gasteiger charge is 2.41. The molecule has 0 radical (unpaired) electrons. The largest absolute Gasteiger partial charge is 0.345 e. The quantitative estimate of drug-likeness (QED) is 0.853. The first-order valence-electron chi connectivity index (χ1n) is 8.13. The Morgan fingerprint density at radius 1 is 1.32 bits per heavy atom. The van der Waals surface area contributed by atoms with Gasteiger partial charge in [-0.15, -0.1) is 0 Å². The zero-order chi connectivity index (χ0) is 15.9. The molecule has 1 amide bonds. The van der Waals surface area contributed by atoms with Gasteiger partial charge in [-0.2, -0.15) is 0 Å². The molecule has 1 aromatic rings. The monoisotopic (exact) mass is 320 g/mol. The molecular weight excluding hydrogens is 296 g/mol. The number of amides is 1. The fourth-order valence-corrected chi connectivity index (χ4v) is 4.20. The molecule has 4 heteroatoms. The molecular formula is C18H25ClN2O. The topological polar surface area (TPSA) is 23.6 Å². The third-order valence-corrected chi connectivity index (χ3v) is 5.89. The number of piperidine rings is 1. The van der Waals surface area contributed by atoms with Gasteiger partial charge in [0.25, 0.3) is 0 Å². The summed E-state index contributed by atoms with van der Waals surface area (Å²) in [5, 5.41) is 0.846. The predicted octanol–water partition coefficient (Wildman–Crippen LogP) is 3.34. The van der Waals surface area contributed by atoms with Crippen LogP contribution in [0.4, 0.5) is 0 Å². The lowest BCUT2D eigenvalue weighted by Gasteiger charge is -2.31. The molecule has 0 N–H and O–H groups in total. The fraction of sp³-hybridized carbons (Fsp3) is 0.611. The van der Waals surface area contributed by atoms with Crippen molar-refractivity contribution in [3.8, 4) is 0 Å². The number of fused-ring (bicyclic) bond motifs is 1. The first-order chi connectivity index (χ1) is 10.4. The zero-order valence-electron chi connectivity index (χ0n) is 13.7. The smallest absolute Gasteiger partial charge is 0.222 e. The predicted molar refractivity (Wildman–Crippen MR) is 89.9 cm³/mol. The van der Waals surface area contributed by atoms with Crippen molar-refractivity contribution in [2.24, 2.45) is 11.8 Å². The Bertz CT molecular complexity index is 574. The summed E-state index contributed by atoms with van der Waals surface area (Å²) < 4.78 is 0. The highest BCUT2D eigenvalue weighted by Crippen LogP contribution is 2.40. The summed E-state index contributed by atoms with van der Waals surface area (Å²) >= 11 is 6.23. The van der Waals surface area contributed by atoms with Crippen LogP contribution < -0.4 is 0 Å². The lowest BCUT2D eigenvalue weighted by molar-refractivity contribution is -0.134. The molecule has 3 rings (SSSR count). The van der Waals surface area contributed by atoms with Gasteiger partial charge in [0, 0.05) is 37.6 Å². The van der Waals surface area contributed by atoms with E-state index in [2.05, 4.69) is 30.1 Å². The molecule has 0 aromatic heterocycles. The summed E-state index contributed by atoms with van der Waals surface area (Å²) in [5.74, 6) is 1.57. The third-order valence-electron chi connectivity index (χ3n) is 5.48. The first-order valence-corrected chi connectivity index (χ1v) is 8.51. The number of carbonyl (C=O) groups excluding carboxylic acids is 1. The van der Waals surface area contributed by atoms with E-state index in [1.807, 2.05) is 18.9 Å². The highest BCUT2D eigenvalue weighted by atomic mass is 35.5. The number of hydrogen-bond donors (Lipinski definition) is 0. The van der Waals surface area contributed by atoms with Gasteiger partial charge in [-0.05, 0) is 55.8 Å². The molecule has 0 spiro atoms. The fourth-order valence-electron chi connectivity index (χ4n) is 4.00. The molecule has 120 valence electrons. The minimum atomic E-state index is 0.315. The SMILES string of the molecule is Cc1ccc(CN(C)[C@@H]2C[C@@H]3CC(=O)N(C)C[C@@H]3C2)cc1Cl. The van der Waals surface area contributed by atoms with Gasteiger partial charge in [-0.25, -0.2) is 0 Å². The Hall–Kier alpha value is -1.06. The van der Waals surface area contributed by atoms with E-state index in [9.17, 15) is 4.79 Å². The second-order valence-electron chi connectivity index (χ2n) is 7.12. The summed E-state index contributed by atoms with van der Waals surface area (Å²) in [4.78, 5) is 16.2. The normalized spacial score (nSPS) is 28.3. The molecule has 1 aliphatic heterocycles. The van der Waals surface area contributed by atoms with Gasteiger partial charge in [0.2, 0.25) is 5.91 Å². The summed E-state index contributed by atoms with van der Waals surface area (Å²) in [7, 11) is 4.13. The maximum absolute atomic E-state index is 11.9. The molecule has 1 saturated carbocycles. The second kappa shape index (κ2) is 6.21. The average molecular weight is 321 g/mol. The molecule has 0 unspecified atom stereocenters. The van der Waals surface area contributed by atoms with Crippen molar-refractivity contribution < 1.29 is 4.79 Å². The Balaban J connectivity index is 1.63. The molecule has 3 atom stereocenters. The molecule has 1 saturated heterocycles. The summed E-state index contributed by atoms with van der Waals surface area (Å²) in [5.41, 5.74) is 2.39. The van der Waals surface area contributed by atoms with Gasteiger partial charge in [-0.1, -0.05) is 23.7 Å². The number of likely N-dealkylation sites (tertiary alicyclic amines) is 1. The third kappa shape index (κ3) is 3.16. The molecule has 0 bridgehead atoms. The van der Waals surface area contributed by atoms with Crippen LogP contribution in [0.5, 0.6) is 0 Å². The average Bonchev–Trinajstić information content (AvgIpc) is 2.86. The number of rotatable bonds is 3. The van der Waals surface area contributed by atoms with E-state index < -0.39 is 0 Å². The van der Waals surface area contributed by atoms with E-state index in [-0.39, 0.29) is 0 Å². The van der Waals surface area contributed by atoms with E-state index >= 15 is 0 Å². The van der Waals surface area contributed by atoms with Crippen molar-refractivity contribution in [1.82, 2.24) is 9.80 Å². The van der Waals surface area contributed by atoms with Crippen molar-refractivity contribution >= 4 is 17.5 Å². The van der Waals surface area contributed by atoms with Crippen LogP contribution in [0.3, 0.4) is 0 Å². The summed E-state index contributed by atoms with van der Waals surface area (Å²) in [6.07, 6.45) is 3.10. The van der Waals surface area contributed by atoms with Gasteiger partial charge in [-0.3, -0.25) is 9.69 Å². The zero-order valence-corrected chi connectivity index (χ0v) is 14.4. The lowest BCUT2D eigenvalue weighted by Crippen LogP contribution is -2.39. The molecule has 1 heterocycles. The summed E-state index contributed by atoms with van der Waals surface area (Å²) in [6.45, 7) is 3.89. The van der Waals surface area contributed by atoms with Crippen molar-refractivity contribution in [2.75, 3.05) is 20.6 Å². The van der Waals surface area contributed by atoms with E-state index in [1.165, 1.54) is 12.0 Å². The first kappa shape index (κ1) is 15.8. The molecule has 1 aliphatic carbocycles. The van der Waals surface area contributed by atoms with Crippen LogP contribution in [-0.2, 0) is 11.3 Å². The van der Waals surface area contributed by atoms with Crippen LogP contribution in [0.1, 0.15) is 30.4 Å². The van der Waals surface area contributed by atoms with Crippen molar-refractivity contribution in [1.29, 1.82) is 0 Å². The second-order valence-corrected chi connectivity index (χ2v) is 7.53. The van der Waals surface area contributed by atoms with E-state index in [0.29, 0.717) is 23.8 Å². The minimum absolute atomic E-state index is 0.315. The van der Waals surface area contributed by atoms with E-state index in [1.54, 1.807) is 0 Å². The van der Waals surface area contributed by atoms with Crippen LogP contribution >= 0.6 is 11.6 Å². The van der Waals surface area contributed by atoms with Crippen LogP contribution in [0, 0.1) is 18.8 Å². The number of carbonyl (C=O) groups is 1. The van der Waals surface area contributed by atoms with Crippen LogP contribution in [0.25, 0.3) is 0 Å². The van der Waals surface area contributed by atoms with Gasteiger partial charge < -0.3 is 4.90 Å². The number of hydrogen-bond acceptors (Lipinski definition) is 2. The van der Waals surface area contributed by atoms with Crippen molar-refractivity contribution in [2.45, 2.75) is 38.8 Å². The van der Waals surface area contributed by atoms with Crippen LogP contribution in [0.15, 0.2) is 18.2 Å². The number of benzene rings is 1. The Kier molecular flexibility index (Phi) is 4.47. The highest BCUT2D eigenvalue weighted by molar-refractivity contribution is 6.31. The van der Waals surface area contributed by atoms with Gasteiger partial charge in [0.1, 0.15) is 0 Å². The van der Waals surface area contributed by atoms with Crippen LogP contribution in [0.2, 0.25) is 5.02 Å². The Morgan fingerprint density at radius 3 is 2.77 bits per heavy atom. The van der Waals surface area contributed by atoms with E-state index in [4.69, 9.17) is 11.6 Å². The van der Waals surface area contributed by atoms with E-state index in [0.717, 1.165) is 36.5 Å². The maximum atomic E-state index is 11.9. The van der Waals surface area contributed by atoms with Gasteiger partial charge >= 0.3 is 0 Å². The Labute approximate surface area is 138 Å². The molecule has 2 fully saturated rings. The molecule has 3 nitrogen and oxygen atoms in total. The number of aryl methyl sites for hydroxylation is 1. The van der Waals surface area contributed by atoms with Crippen molar-refractivity contribution in [3.63, 3.8) is 0 Å². The maximum Gasteiger partial charge on any atom is 0.222 e. The number of halogens is 1. The lowest BCUT2D eigenvalue weighted by atomic mass is 9.88. The summed E-state index contributed by atoms with van der Waals surface area (Å²) in [6, 6.07) is 6.91. The minimum Gasteiger partial charge on any atom is -0.345 e. The number of nitrogens with zero attached hydrogens (tertiary/aromatic N) is 2. The van der Waals surface area contributed by atoms with Crippen molar-refractivity contribution in [3.05, 3.63) is 34.3 Å². The molecule has 2 aliphatic rings. The molecule has 1 aromatic carbocycles. The molecule has 22 heavy (non-hydrogen) atoms. The standard InChI is InChI=1S/C18H25ClN2O/c1-12-4-5-13(6-17(12)19)10-20(2)16-7-14-9-18(22)21(3)11-15(14)8-16/h4-6,14-16H,7-11H2,1-3H3/t14-,15+,16-/m1/s1. The Morgan fingerprint density at radius 2 is 2.05 bits per heavy atom.